The van der Waals surface area contributed by atoms with Crippen molar-refractivity contribution in [2.45, 2.75) is 32.3 Å². The Morgan fingerprint density at radius 1 is 1.50 bits per heavy atom. The van der Waals surface area contributed by atoms with E-state index in [1.165, 1.54) is 0 Å². The average Bonchev–Trinajstić information content (AvgIpc) is 2.35. The Hall–Kier alpha value is -1.35. The van der Waals surface area contributed by atoms with Crippen molar-refractivity contribution in [2.24, 2.45) is 0 Å². The lowest BCUT2D eigenvalue weighted by atomic mass is 10.0. The van der Waals surface area contributed by atoms with Gasteiger partial charge in [-0.15, -0.1) is 0 Å². The van der Waals surface area contributed by atoms with Gasteiger partial charge in [-0.3, -0.25) is 4.79 Å². The van der Waals surface area contributed by atoms with Gasteiger partial charge in [0, 0.05) is 12.8 Å². The summed E-state index contributed by atoms with van der Waals surface area (Å²) in [4.78, 5) is 11.1. The Kier molecular flexibility index (Phi) is 4.99. The molecule has 0 aliphatic rings. The minimum Gasteiger partial charge on any atom is -0.497 e. The van der Waals surface area contributed by atoms with E-state index in [0.717, 1.165) is 11.3 Å². The van der Waals surface area contributed by atoms with Gasteiger partial charge in [0.1, 0.15) is 11.5 Å². The first-order valence-electron chi connectivity index (χ1n) is 5.51. The smallest absolute Gasteiger partial charge is 0.132 e. The molecule has 0 heterocycles. The predicted molar refractivity (Wildman–Crippen MR) is 62.5 cm³/mol. The molecule has 16 heavy (non-hydrogen) atoms. The molecular weight excluding hydrogens is 204 g/mol. The van der Waals surface area contributed by atoms with E-state index in [1.54, 1.807) is 13.2 Å². The van der Waals surface area contributed by atoms with Gasteiger partial charge >= 0.3 is 0 Å². The molecule has 0 radical (unpaired) electrons. The maximum Gasteiger partial charge on any atom is 0.132 e. The largest absolute Gasteiger partial charge is 0.497 e. The lowest BCUT2D eigenvalue weighted by molar-refractivity contribution is -0.119. The van der Waals surface area contributed by atoms with Crippen LogP contribution in [0.2, 0.25) is 0 Å². The van der Waals surface area contributed by atoms with Crippen molar-refractivity contribution in [2.75, 3.05) is 7.11 Å². The van der Waals surface area contributed by atoms with E-state index in [1.807, 2.05) is 25.1 Å². The summed E-state index contributed by atoms with van der Waals surface area (Å²) in [6.45, 7) is 1.83. The summed E-state index contributed by atoms with van der Waals surface area (Å²) in [6, 6.07) is 7.29. The highest BCUT2D eigenvalue weighted by atomic mass is 16.5. The monoisotopic (exact) mass is 222 g/mol. The molecule has 1 N–H and O–H groups in total. The van der Waals surface area contributed by atoms with Crippen molar-refractivity contribution in [3.05, 3.63) is 29.8 Å². The summed E-state index contributed by atoms with van der Waals surface area (Å²) in [5, 5.41) is 9.88. The minimum atomic E-state index is -0.592. The quantitative estimate of drug-likeness (QED) is 0.804. The molecule has 0 saturated heterocycles. The lowest BCUT2D eigenvalue weighted by Gasteiger charge is -2.11. The molecule has 3 heteroatoms. The molecule has 0 amide bonds. The van der Waals surface area contributed by atoms with Crippen LogP contribution in [0.3, 0.4) is 0 Å². The molecule has 1 aromatic carbocycles. The normalized spacial score (nSPS) is 12.2. The van der Waals surface area contributed by atoms with Crippen molar-refractivity contribution >= 4 is 5.78 Å². The van der Waals surface area contributed by atoms with Crippen LogP contribution in [0.4, 0.5) is 0 Å². The van der Waals surface area contributed by atoms with Crippen LogP contribution in [0.5, 0.6) is 5.75 Å². The topological polar surface area (TPSA) is 46.5 Å². The van der Waals surface area contributed by atoms with Gasteiger partial charge in [0.05, 0.1) is 13.2 Å². The SMILES string of the molecule is CCC(=O)CCC(O)c1cccc(OC)c1. The van der Waals surface area contributed by atoms with E-state index in [0.29, 0.717) is 19.3 Å². The number of rotatable bonds is 6. The lowest BCUT2D eigenvalue weighted by Crippen LogP contribution is -2.02. The zero-order valence-electron chi connectivity index (χ0n) is 9.77. The third kappa shape index (κ3) is 3.66. The van der Waals surface area contributed by atoms with Crippen LogP contribution in [0.15, 0.2) is 24.3 Å². The van der Waals surface area contributed by atoms with E-state index in [4.69, 9.17) is 4.74 Å². The molecule has 0 aliphatic carbocycles. The molecule has 0 saturated carbocycles. The second-order valence-electron chi connectivity index (χ2n) is 3.72. The van der Waals surface area contributed by atoms with Crippen LogP contribution < -0.4 is 4.74 Å². The zero-order valence-corrected chi connectivity index (χ0v) is 9.77. The molecule has 0 aromatic heterocycles. The van der Waals surface area contributed by atoms with Gasteiger partial charge in [-0.2, -0.15) is 0 Å². The number of hydrogen-bond donors (Lipinski definition) is 1. The van der Waals surface area contributed by atoms with E-state index >= 15 is 0 Å². The highest BCUT2D eigenvalue weighted by Crippen LogP contribution is 2.22. The van der Waals surface area contributed by atoms with Crippen LogP contribution in [0.1, 0.15) is 37.9 Å². The van der Waals surface area contributed by atoms with Crippen molar-refractivity contribution in [3.63, 3.8) is 0 Å². The van der Waals surface area contributed by atoms with Gasteiger partial charge in [-0.05, 0) is 24.1 Å². The Labute approximate surface area is 96.1 Å². The number of methoxy groups -OCH3 is 1. The molecule has 1 aromatic rings. The van der Waals surface area contributed by atoms with Crippen molar-refractivity contribution < 1.29 is 14.6 Å². The van der Waals surface area contributed by atoms with Crippen molar-refractivity contribution in [1.29, 1.82) is 0 Å². The molecule has 0 fully saturated rings. The van der Waals surface area contributed by atoms with Gasteiger partial charge in [0.2, 0.25) is 0 Å². The Morgan fingerprint density at radius 2 is 2.25 bits per heavy atom. The second-order valence-corrected chi connectivity index (χ2v) is 3.72. The summed E-state index contributed by atoms with van der Waals surface area (Å²) in [6.07, 6.45) is 0.838. The first-order chi connectivity index (χ1) is 7.67. The second kappa shape index (κ2) is 6.28. The van der Waals surface area contributed by atoms with E-state index in [2.05, 4.69) is 0 Å². The fraction of sp³-hybridized carbons (Fsp3) is 0.462. The number of Topliss-reactive ketones (excluding diaryl/α,β-unsaturated/α-hetero) is 1. The van der Waals surface area contributed by atoms with Crippen LogP contribution in [0.25, 0.3) is 0 Å². The Bertz CT molecular complexity index is 347. The van der Waals surface area contributed by atoms with Crippen LogP contribution >= 0.6 is 0 Å². The van der Waals surface area contributed by atoms with Crippen LogP contribution in [-0.4, -0.2) is 18.0 Å². The molecule has 1 rings (SSSR count). The first-order valence-corrected chi connectivity index (χ1v) is 5.51. The maximum absolute atomic E-state index is 11.1. The molecule has 3 nitrogen and oxygen atoms in total. The number of ether oxygens (including phenoxy) is 1. The third-order valence-corrected chi connectivity index (χ3v) is 2.57. The standard InChI is InChI=1S/C13H18O3/c1-3-11(14)7-8-13(15)10-5-4-6-12(9-10)16-2/h4-6,9,13,15H,3,7-8H2,1-2H3. The van der Waals surface area contributed by atoms with Gasteiger partial charge < -0.3 is 9.84 Å². The summed E-state index contributed by atoms with van der Waals surface area (Å²) >= 11 is 0. The molecular formula is C13H18O3. The number of ketones is 1. The fourth-order valence-electron chi connectivity index (χ4n) is 1.49. The summed E-state index contributed by atoms with van der Waals surface area (Å²) in [5.74, 6) is 0.903. The molecule has 1 atom stereocenters. The Balaban J connectivity index is 2.58. The van der Waals surface area contributed by atoms with E-state index in [9.17, 15) is 9.90 Å². The third-order valence-electron chi connectivity index (χ3n) is 2.57. The van der Waals surface area contributed by atoms with Gasteiger partial charge in [-0.1, -0.05) is 19.1 Å². The highest BCUT2D eigenvalue weighted by Gasteiger charge is 2.10. The van der Waals surface area contributed by atoms with Gasteiger partial charge in [0.25, 0.3) is 0 Å². The summed E-state index contributed by atoms with van der Waals surface area (Å²) in [5.41, 5.74) is 0.795. The molecule has 0 aliphatic heterocycles. The highest BCUT2D eigenvalue weighted by molar-refractivity contribution is 5.77. The van der Waals surface area contributed by atoms with E-state index < -0.39 is 6.10 Å². The predicted octanol–water partition coefficient (Wildman–Crippen LogP) is 2.49. The first kappa shape index (κ1) is 12.7. The van der Waals surface area contributed by atoms with Gasteiger partial charge in [-0.25, -0.2) is 0 Å². The average molecular weight is 222 g/mol. The molecule has 0 bridgehead atoms. The van der Waals surface area contributed by atoms with Gasteiger partial charge in [0.15, 0.2) is 0 Å². The number of carbonyl (C=O) groups excluding carboxylic acids is 1. The molecule has 1 unspecified atom stereocenters. The summed E-state index contributed by atoms with van der Waals surface area (Å²) in [7, 11) is 1.59. The minimum absolute atomic E-state index is 0.182. The van der Waals surface area contributed by atoms with Crippen molar-refractivity contribution in [3.8, 4) is 5.75 Å². The number of benzene rings is 1. The molecule has 88 valence electrons. The number of hydrogen-bond acceptors (Lipinski definition) is 3. The van der Waals surface area contributed by atoms with Crippen LogP contribution in [0, 0.1) is 0 Å². The number of aliphatic hydroxyl groups is 1. The maximum atomic E-state index is 11.1. The summed E-state index contributed by atoms with van der Waals surface area (Å²) < 4.78 is 5.07. The number of aliphatic hydroxyl groups excluding tert-OH is 1. The fourth-order valence-corrected chi connectivity index (χ4v) is 1.49. The van der Waals surface area contributed by atoms with E-state index in [-0.39, 0.29) is 5.78 Å². The zero-order chi connectivity index (χ0) is 12.0. The Morgan fingerprint density at radius 3 is 2.88 bits per heavy atom. The number of carbonyl (C=O) groups is 1. The molecule has 0 spiro atoms. The van der Waals surface area contributed by atoms with Crippen LogP contribution in [-0.2, 0) is 4.79 Å². The van der Waals surface area contributed by atoms with Crippen molar-refractivity contribution in [1.82, 2.24) is 0 Å².